The van der Waals surface area contributed by atoms with Crippen molar-refractivity contribution in [1.29, 1.82) is 0 Å². The van der Waals surface area contributed by atoms with Crippen LogP contribution in [0.1, 0.15) is 30.5 Å². The third-order valence-corrected chi connectivity index (χ3v) is 4.37. The van der Waals surface area contributed by atoms with Crippen molar-refractivity contribution in [2.24, 2.45) is 0 Å². The number of halogens is 1. The largest absolute Gasteiger partial charge is 0.308 e. The summed E-state index contributed by atoms with van der Waals surface area (Å²) in [7, 11) is -3.39. The molecular weight excluding hydrogens is 298 g/mol. The summed E-state index contributed by atoms with van der Waals surface area (Å²) in [6.45, 7) is 3.65. The highest BCUT2D eigenvalue weighted by molar-refractivity contribution is 7.87. The maximum absolute atomic E-state index is 11.7. The smallest absolute Gasteiger partial charge is 0.276 e. The van der Waals surface area contributed by atoms with Crippen LogP contribution in [0, 0.1) is 0 Å². The summed E-state index contributed by atoms with van der Waals surface area (Å²) >= 11 is 0. The highest BCUT2D eigenvalue weighted by atomic mass is 35.5. The Labute approximate surface area is 127 Å². The average Bonchev–Trinajstić information content (AvgIpc) is 2.43. The van der Waals surface area contributed by atoms with Crippen molar-refractivity contribution in [2.45, 2.75) is 25.8 Å². The van der Waals surface area contributed by atoms with E-state index in [1.165, 1.54) is 11.1 Å². The third kappa shape index (κ3) is 4.71. The van der Waals surface area contributed by atoms with Crippen molar-refractivity contribution in [3.8, 4) is 0 Å². The lowest BCUT2D eigenvalue weighted by Gasteiger charge is -2.27. The first-order chi connectivity index (χ1) is 9.12. The molecule has 1 unspecified atom stereocenters. The van der Waals surface area contributed by atoms with E-state index in [4.69, 9.17) is 0 Å². The maximum atomic E-state index is 11.7. The maximum Gasteiger partial charge on any atom is 0.276 e. The molecule has 1 aromatic carbocycles. The molecule has 1 atom stereocenters. The number of hydrogen-bond donors (Lipinski definition) is 3. The Morgan fingerprint density at radius 3 is 2.80 bits per heavy atom. The topological polar surface area (TPSA) is 70.2 Å². The summed E-state index contributed by atoms with van der Waals surface area (Å²) in [5.41, 5.74) is 2.49. The van der Waals surface area contributed by atoms with Gasteiger partial charge in [-0.1, -0.05) is 31.2 Å². The molecular formula is C13H22ClN3O2S. The van der Waals surface area contributed by atoms with Crippen LogP contribution in [0.5, 0.6) is 0 Å². The van der Waals surface area contributed by atoms with Gasteiger partial charge >= 0.3 is 0 Å². The summed E-state index contributed by atoms with van der Waals surface area (Å²) in [4.78, 5) is 0. The quantitative estimate of drug-likeness (QED) is 0.736. The number of benzene rings is 1. The number of fused-ring (bicyclic) bond motifs is 1. The molecule has 0 aromatic heterocycles. The van der Waals surface area contributed by atoms with Crippen LogP contribution in [0.2, 0.25) is 0 Å². The monoisotopic (exact) mass is 319 g/mol. The highest BCUT2D eigenvalue weighted by Crippen LogP contribution is 2.21. The molecule has 0 saturated heterocycles. The Bertz CT molecular complexity index is 522. The number of hydrogen-bond acceptors (Lipinski definition) is 3. The molecule has 20 heavy (non-hydrogen) atoms. The fourth-order valence-electron chi connectivity index (χ4n) is 2.26. The fourth-order valence-corrected chi connectivity index (χ4v) is 3.22. The predicted molar refractivity (Wildman–Crippen MR) is 83.4 cm³/mol. The van der Waals surface area contributed by atoms with Crippen LogP contribution in [0.15, 0.2) is 24.3 Å². The standard InChI is InChI=1S/C13H21N3O2S.ClH/c1-2-8-15-19(17,18)16-10-13-12-6-4-3-5-11(12)7-9-14-13;/h3-6,13-16H,2,7-10H2,1H3;1H. The molecule has 0 spiro atoms. The Kier molecular flexibility index (Phi) is 6.91. The molecule has 5 nitrogen and oxygen atoms in total. The summed E-state index contributed by atoms with van der Waals surface area (Å²) in [5, 5.41) is 3.35. The lowest BCUT2D eigenvalue weighted by molar-refractivity contribution is 0.488. The molecule has 1 aliphatic rings. The van der Waals surface area contributed by atoms with E-state index in [1.807, 2.05) is 19.1 Å². The van der Waals surface area contributed by atoms with Crippen molar-refractivity contribution in [2.75, 3.05) is 19.6 Å². The van der Waals surface area contributed by atoms with Gasteiger partial charge in [-0.2, -0.15) is 8.42 Å². The molecule has 0 saturated carbocycles. The summed E-state index contributed by atoms with van der Waals surface area (Å²) in [6, 6.07) is 8.22. The van der Waals surface area contributed by atoms with Gasteiger partial charge in [-0.3, -0.25) is 0 Å². The van der Waals surface area contributed by atoms with E-state index >= 15 is 0 Å². The van der Waals surface area contributed by atoms with E-state index in [2.05, 4.69) is 26.9 Å². The van der Waals surface area contributed by atoms with Crippen LogP contribution >= 0.6 is 12.4 Å². The Morgan fingerprint density at radius 1 is 1.30 bits per heavy atom. The van der Waals surface area contributed by atoms with Gasteiger partial charge in [0.25, 0.3) is 10.2 Å². The summed E-state index contributed by atoms with van der Waals surface area (Å²) < 4.78 is 28.5. The van der Waals surface area contributed by atoms with Gasteiger partial charge in [-0.15, -0.1) is 12.4 Å². The zero-order chi connectivity index (χ0) is 13.7. The van der Waals surface area contributed by atoms with Crippen molar-refractivity contribution >= 4 is 22.6 Å². The first-order valence-corrected chi connectivity index (χ1v) is 8.16. The van der Waals surface area contributed by atoms with Gasteiger partial charge in [0.05, 0.1) is 0 Å². The first kappa shape index (κ1) is 17.4. The van der Waals surface area contributed by atoms with Gasteiger partial charge in [-0.05, 0) is 30.5 Å². The van der Waals surface area contributed by atoms with E-state index in [1.54, 1.807) is 0 Å². The average molecular weight is 320 g/mol. The molecule has 0 aliphatic carbocycles. The normalized spacial score (nSPS) is 18.1. The second-order valence-corrected chi connectivity index (χ2v) is 6.29. The molecule has 0 fully saturated rings. The van der Waals surface area contributed by atoms with E-state index in [-0.39, 0.29) is 18.4 Å². The van der Waals surface area contributed by atoms with Crippen LogP contribution in [0.25, 0.3) is 0 Å². The van der Waals surface area contributed by atoms with Crippen LogP contribution < -0.4 is 14.8 Å². The van der Waals surface area contributed by atoms with Crippen molar-refractivity contribution in [1.82, 2.24) is 14.8 Å². The van der Waals surface area contributed by atoms with E-state index in [0.29, 0.717) is 13.1 Å². The van der Waals surface area contributed by atoms with Crippen LogP contribution in [0.4, 0.5) is 0 Å². The number of rotatable bonds is 6. The van der Waals surface area contributed by atoms with Gasteiger partial charge in [0.15, 0.2) is 0 Å². The molecule has 0 amide bonds. The molecule has 1 aliphatic heterocycles. The molecule has 0 bridgehead atoms. The lowest BCUT2D eigenvalue weighted by atomic mass is 9.95. The molecule has 114 valence electrons. The van der Waals surface area contributed by atoms with E-state index in [9.17, 15) is 8.42 Å². The minimum absolute atomic E-state index is 0. The zero-order valence-electron chi connectivity index (χ0n) is 11.6. The van der Waals surface area contributed by atoms with E-state index in [0.717, 1.165) is 19.4 Å². The highest BCUT2D eigenvalue weighted by Gasteiger charge is 2.20. The Morgan fingerprint density at radius 2 is 2.05 bits per heavy atom. The van der Waals surface area contributed by atoms with Crippen LogP contribution in [-0.2, 0) is 16.6 Å². The second kappa shape index (κ2) is 7.95. The Balaban J connectivity index is 0.00000200. The minimum atomic E-state index is -3.39. The molecule has 0 radical (unpaired) electrons. The molecule has 1 heterocycles. The van der Waals surface area contributed by atoms with Crippen molar-refractivity contribution in [3.63, 3.8) is 0 Å². The third-order valence-electron chi connectivity index (χ3n) is 3.24. The predicted octanol–water partition coefficient (Wildman–Crippen LogP) is 1.13. The van der Waals surface area contributed by atoms with Gasteiger partial charge in [0.2, 0.25) is 0 Å². The molecule has 1 aromatic rings. The summed E-state index contributed by atoms with van der Waals surface area (Å²) in [5.74, 6) is 0. The number of nitrogens with one attached hydrogen (secondary N) is 3. The zero-order valence-corrected chi connectivity index (χ0v) is 13.2. The van der Waals surface area contributed by atoms with Gasteiger partial charge in [0.1, 0.15) is 0 Å². The first-order valence-electron chi connectivity index (χ1n) is 6.68. The van der Waals surface area contributed by atoms with E-state index < -0.39 is 10.2 Å². The fraction of sp³-hybridized carbons (Fsp3) is 0.538. The van der Waals surface area contributed by atoms with Gasteiger partial charge in [0, 0.05) is 19.1 Å². The van der Waals surface area contributed by atoms with Gasteiger partial charge < -0.3 is 5.32 Å². The van der Waals surface area contributed by atoms with Crippen molar-refractivity contribution < 1.29 is 8.42 Å². The summed E-state index contributed by atoms with van der Waals surface area (Å²) in [6.07, 6.45) is 1.78. The lowest BCUT2D eigenvalue weighted by Crippen LogP contribution is -2.43. The van der Waals surface area contributed by atoms with Crippen LogP contribution in [0.3, 0.4) is 0 Å². The Hall–Kier alpha value is -0.660. The minimum Gasteiger partial charge on any atom is -0.308 e. The second-order valence-electron chi connectivity index (χ2n) is 4.70. The van der Waals surface area contributed by atoms with Crippen molar-refractivity contribution in [3.05, 3.63) is 35.4 Å². The SMILES string of the molecule is CCCNS(=O)(=O)NCC1NCCc2ccccc21.Cl. The molecule has 3 N–H and O–H groups in total. The van der Waals surface area contributed by atoms with Gasteiger partial charge in [-0.25, -0.2) is 9.44 Å². The molecule has 2 rings (SSSR count). The molecule has 7 heteroatoms. The van der Waals surface area contributed by atoms with Crippen LogP contribution in [-0.4, -0.2) is 28.1 Å².